The molecule has 2 aliphatic rings. The number of nitrogens with zero attached hydrogens (tertiary/aromatic N) is 1. The summed E-state index contributed by atoms with van der Waals surface area (Å²) in [5, 5.41) is 0. The first kappa shape index (κ1) is 12.2. The van der Waals surface area contributed by atoms with Crippen molar-refractivity contribution in [1.29, 1.82) is 0 Å². The molecule has 3 rings (SSSR count). The first-order valence-corrected chi connectivity index (χ1v) is 7.99. The monoisotopic (exact) mass is 265 g/mol. The van der Waals surface area contributed by atoms with Crippen molar-refractivity contribution in [3.63, 3.8) is 0 Å². The molecule has 1 saturated carbocycles. The summed E-state index contributed by atoms with van der Waals surface area (Å²) in [6.07, 6.45) is 2.31. The molecular weight excluding hydrogens is 246 g/mol. The first-order valence-electron chi connectivity index (χ1n) is 6.55. The molecule has 0 N–H and O–H groups in total. The molecule has 1 heterocycles. The van der Waals surface area contributed by atoms with Gasteiger partial charge >= 0.3 is 0 Å². The standard InChI is InChI=1S/C14H19NO2S/c1-3-14-8-12(14)9-15(10-14)18(16,17)13-6-4-5-11(2)7-13/h4-7,12H,3,8-10H2,1-2H3. The normalized spacial score (nSPS) is 31.3. The molecule has 0 aromatic heterocycles. The van der Waals surface area contributed by atoms with Crippen molar-refractivity contribution in [2.75, 3.05) is 13.1 Å². The summed E-state index contributed by atoms with van der Waals surface area (Å²) in [5.41, 5.74) is 1.29. The summed E-state index contributed by atoms with van der Waals surface area (Å²) in [6, 6.07) is 7.20. The summed E-state index contributed by atoms with van der Waals surface area (Å²) >= 11 is 0. The van der Waals surface area contributed by atoms with Crippen molar-refractivity contribution in [2.24, 2.45) is 11.3 Å². The van der Waals surface area contributed by atoms with Gasteiger partial charge in [0.15, 0.2) is 0 Å². The van der Waals surface area contributed by atoms with Crippen molar-refractivity contribution < 1.29 is 8.42 Å². The van der Waals surface area contributed by atoms with Crippen LogP contribution >= 0.6 is 0 Å². The number of hydrogen-bond donors (Lipinski definition) is 0. The van der Waals surface area contributed by atoms with Gasteiger partial charge in [0.05, 0.1) is 4.90 Å². The second-order valence-corrected chi connectivity index (χ2v) is 7.67. The van der Waals surface area contributed by atoms with E-state index in [1.54, 1.807) is 16.4 Å². The minimum atomic E-state index is -3.28. The van der Waals surface area contributed by atoms with Gasteiger partial charge in [0.1, 0.15) is 0 Å². The van der Waals surface area contributed by atoms with E-state index >= 15 is 0 Å². The van der Waals surface area contributed by atoms with Gasteiger partial charge in [0.25, 0.3) is 0 Å². The maximum absolute atomic E-state index is 12.5. The van der Waals surface area contributed by atoms with Gasteiger partial charge in [-0.2, -0.15) is 4.31 Å². The molecule has 2 atom stereocenters. The predicted octanol–water partition coefficient (Wildman–Crippen LogP) is 2.42. The fourth-order valence-corrected chi connectivity index (χ4v) is 4.88. The Morgan fingerprint density at radius 3 is 2.83 bits per heavy atom. The second kappa shape index (κ2) is 3.81. The van der Waals surface area contributed by atoms with Crippen LogP contribution in [-0.2, 0) is 10.0 Å². The van der Waals surface area contributed by atoms with Crippen LogP contribution in [0, 0.1) is 18.3 Å². The molecule has 2 fully saturated rings. The van der Waals surface area contributed by atoms with E-state index in [1.807, 2.05) is 19.1 Å². The van der Waals surface area contributed by atoms with Crippen molar-refractivity contribution in [3.05, 3.63) is 29.8 Å². The van der Waals surface area contributed by atoms with E-state index in [4.69, 9.17) is 0 Å². The Labute approximate surface area is 109 Å². The number of fused-ring (bicyclic) bond motifs is 1. The van der Waals surface area contributed by atoms with Crippen LogP contribution in [0.4, 0.5) is 0 Å². The third kappa shape index (κ3) is 1.70. The quantitative estimate of drug-likeness (QED) is 0.841. The summed E-state index contributed by atoms with van der Waals surface area (Å²) in [6.45, 7) is 5.52. The molecule has 1 saturated heterocycles. The molecule has 1 aromatic rings. The SMILES string of the molecule is CCC12CC1CN(S(=O)(=O)c1cccc(C)c1)C2. The molecule has 0 bridgehead atoms. The van der Waals surface area contributed by atoms with Crippen molar-refractivity contribution in [2.45, 2.75) is 31.6 Å². The Bertz CT molecular complexity index is 577. The lowest BCUT2D eigenvalue weighted by atomic mass is 10.0. The summed E-state index contributed by atoms with van der Waals surface area (Å²) in [4.78, 5) is 0.440. The zero-order valence-corrected chi connectivity index (χ0v) is 11.7. The van der Waals surface area contributed by atoms with E-state index in [0.29, 0.717) is 29.3 Å². The summed E-state index contributed by atoms with van der Waals surface area (Å²) in [5.74, 6) is 0.599. The average molecular weight is 265 g/mol. The fourth-order valence-electron chi connectivity index (χ4n) is 3.20. The molecule has 1 aliphatic carbocycles. The Hall–Kier alpha value is -0.870. The van der Waals surface area contributed by atoms with Gasteiger partial charge in [-0.1, -0.05) is 19.1 Å². The zero-order chi connectivity index (χ0) is 13.0. The highest BCUT2D eigenvalue weighted by molar-refractivity contribution is 7.89. The summed E-state index contributed by atoms with van der Waals surface area (Å²) < 4.78 is 26.8. The van der Waals surface area contributed by atoms with Crippen LogP contribution in [-0.4, -0.2) is 25.8 Å². The fraction of sp³-hybridized carbons (Fsp3) is 0.571. The highest BCUT2D eigenvalue weighted by Crippen LogP contribution is 2.60. The Morgan fingerprint density at radius 2 is 2.22 bits per heavy atom. The molecule has 0 amide bonds. The van der Waals surface area contributed by atoms with Crippen LogP contribution in [0.25, 0.3) is 0 Å². The number of piperidine rings is 1. The van der Waals surface area contributed by atoms with Crippen LogP contribution in [0.3, 0.4) is 0 Å². The molecule has 2 unspecified atom stereocenters. The van der Waals surface area contributed by atoms with Crippen LogP contribution in [0.1, 0.15) is 25.3 Å². The van der Waals surface area contributed by atoms with Crippen LogP contribution in [0.15, 0.2) is 29.2 Å². The number of hydrogen-bond acceptors (Lipinski definition) is 2. The molecule has 0 radical (unpaired) electrons. The lowest BCUT2D eigenvalue weighted by molar-refractivity contribution is 0.393. The van der Waals surface area contributed by atoms with Crippen molar-refractivity contribution >= 4 is 10.0 Å². The largest absolute Gasteiger partial charge is 0.243 e. The lowest BCUT2D eigenvalue weighted by Gasteiger charge is -2.20. The molecule has 0 spiro atoms. The van der Waals surface area contributed by atoms with E-state index in [0.717, 1.165) is 12.0 Å². The summed E-state index contributed by atoms with van der Waals surface area (Å²) in [7, 11) is -3.28. The van der Waals surface area contributed by atoms with E-state index < -0.39 is 10.0 Å². The maximum atomic E-state index is 12.5. The van der Waals surface area contributed by atoms with E-state index in [1.165, 1.54) is 6.42 Å². The average Bonchev–Trinajstić information content (AvgIpc) is 2.91. The van der Waals surface area contributed by atoms with Crippen molar-refractivity contribution in [1.82, 2.24) is 4.31 Å². The molecule has 18 heavy (non-hydrogen) atoms. The Balaban J connectivity index is 1.89. The number of rotatable bonds is 3. The highest BCUT2D eigenvalue weighted by atomic mass is 32.2. The zero-order valence-electron chi connectivity index (χ0n) is 10.9. The molecular formula is C14H19NO2S. The number of sulfonamides is 1. The van der Waals surface area contributed by atoms with E-state index in [-0.39, 0.29) is 0 Å². The highest BCUT2D eigenvalue weighted by Gasteiger charge is 2.60. The molecule has 4 heteroatoms. The van der Waals surface area contributed by atoms with Gasteiger partial charge in [0, 0.05) is 13.1 Å². The van der Waals surface area contributed by atoms with Gasteiger partial charge in [-0.15, -0.1) is 0 Å². The lowest BCUT2D eigenvalue weighted by Crippen LogP contribution is -2.31. The third-order valence-electron chi connectivity index (χ3n) is 4.61. The Morgan fingerprint density at radius 1 is 1.44 bits per heavy atom. The number of aryl methyl sites for hydroxylation is 1. The van der Waals surface area contributed by atoms with Gasteiger partial charge in [-0.25, -0.2) is 8.42 Å². The maximum Gasteiger partial charge on any atom is 0.243 e. The van der Waals surface area contributed by atoms with Gasteiger partial charge in [-0.3, -0.25) is 0 Å². The van der Waals surface area contributed by atoms with Gasteiger partial charge < -0.3 is 0 Å². The minimum absolute atomic E-state index is 0.302. The van der Waals surface area contributed by atoms with Crippen LogP contribution in [0.5, 0.6) is 0 Å². The third-order valence-corrected chi connectivity index (χ3v) is 6.41. The molecule has 1 aromatic carbocycles. The molecule has 1 aliphatic heterocycles. The van der Waals surface area contributed by atoms with Crippen LogP contribution in [0.2, 0.25) is 0 Å². The number of benzene rings is 1. The van der Waals surface area contributed by atoms with E-state index in [2.05, 4.69) is 6.92 Å². The molecule has 98 valence electrons. The van der Waals surface area contributed by atoms with Crippen molar-refractivity contribution in [3.8, 4) is 0 Å². The van der Waals surface area contributed by atoms with Crippen LogP contribution < -0.4 is 0 Å². The van der Waals surface area contributed by atoms with Gasteiger partial charge in [0.2, 0.25) is 10.0 Å². The predicted molar refractivity (Wildman–Crippen MR) is 70.8 cm³/mol. The second-order valence-electron chi connectivity index (χ2n) is 5.73. The Kier molecular flexibility index (Phi) is 2.58. The van der Waals surface area contributed by atoms with Gasteiger partial charge in [-0.05, 0) is 48.8 Å². The topological polar surface area (TPSA) is 37.4 Å². The smallest absolute Gasteiger partial charge is 0.207 e. The molecule has 3 nitrogen and oxygen atoms in total. The first-order chi connectivity index (χ1) is 8.48. The minimum Gasteiger partial charge on any atom is -0.207 e. The van der Waals surface area contributed by atoms with E-state index in [9.17, 15) is 8.42 Å².